The number of aromatic amines is 1. The van der Waals surface area contributed by atoms with E-state index in [4.69, 9.17) is 4.74 Å². The lowest BCUT2D eigenvalue weighted by molar-refractivity contribution is 0.211. The second kappa shape index (κ2) is 4.89. The molecule has 0 saturated heterocycles. The van der Waals surface area contributed by atoms with Gasteiger partial charge >= 0.3 is 0 Å². The fourth-order valence-corrected chi connectivity index (χ4v) is 3.47. The summed E-state index contributed by atoms with van der Waals surface area (Å²) >= 11 is 0. The van der Waals surface area contributed by atoms with Crippen molar-refractivity contribution in [2.75, 3.05) is 20.2 Å². The van der Waals surface area contributed by atoms with E-state index in [2.05, 4.69) is 42.1 Å². The Morgan fingerprint density at radius 1 is 1.26 bits per heavy atom. The molecule has 0 bridgehead atoms. The summed E-state index contributed by atoms with van der Waals surface area (Å²) in [5.41, 5.74) is 4.05. The summed E-state index contributed by atoms with van der Waals surface area (Å²) in [6.07, 6.45) is 4.40. The number of likely N-dealkylation sites (N-methyl/N-ethyl adjacent to an activating group) is 1. The molecule has 3 rings (SSSR count). The van der Waals surface area contributed by atoms with Crippen molar-refractivity contribution in [3.05, 3.63) is 29.5 Å². The maximum atomic E-state index is 5.57. The number of hydrogen-bond acceptors (Lipinski definition) is 2. The maximum Gasteiger partial charge on any atom is 0.122 e. The summed E-state index contributed by atoms with van der Waals surface area (Å²) in [7, 11) is 1.77. The van der Waals surface area contributed by atoms with Crippen molar-refractivity contribution in [2.24, 2.45) is 0 Å². The molecule has 0 radical (unpaired) electrons. The van der Waals surface area contributed by atoms with Crippen molar-refractivity contribution < 1.29 is 4.74 Å². The Morgan fingerprint density at radius 3 is 2.74 bits per heavy atom. The highest BCUT2D eigenvalue weighted by Crippen LogP contribution is 2.36. The minimum Gasteiger partial charge on any atom is -0.496 e. The standard InChI is InChI=1S/C16H22N2O/c1-4-18(5-2)12-8-11-10-17-14-6-7-15(19-3)13(9-12)16(11)14/h6-7,10,12,17H,4-5,8-9H2,1-3H3. The molecule has 1 heterocycles. The Morgan fingerprint density at radius 2 is 2.05 bits per heavy atom. The molecule has 3 nitrogen and oxygen atoms in total. The number of methoxy groups -OCH3 is 1. The number of nitrogens with zero attached hydrogens (tertiary/aromatic N) is 1. The van der Waals surface area contributed by atoms with Gasteiger partial charge in [0.15, 0.2) is 0 Å². The van der Waals surface area contributed by atoms with E-state index in [1.54, 1.807) is 7.11 Å². The van der Waals surface area contributed by atoms with E-state index in [-0.39, 0.29) is 0 Å². The monoisotopic (exact) mass is 258 g/mol. The Hall–Kier alpha value is -1.48. The first kappa shape index (κ1) is 12.5. The van der Waals surface area contributed by atoms with Crippen LogP contribution in [0.1, 0.15) is 25.0 Å². The summed E-state index contributed by atoms with van der Waals surface area (Å²) in [5.74, 6) is 1.03. The average molecular weight is 258 g/mol. The van der Waals surface area contributed by atoms with Gasteiger partial charge in [0.1, 0.15) is 5.75 Å². The van der Waals surface area contributed by atoms with Crippen molar-refractivity contribution in [3.63, 3.8) is 0 Å². The third-order valence-corrected chi connectivity index (χ3v) is 4.44. The molecule has 0 aliphatic heterocycles. The van der Waals surface area contributed by atoms with Crippen LogP contribution in [0.4, 0.5) is 0 Å². The van der Waals surface area contributed by atoms with Gasteiger partial charge in [-0.1, -0.05) is 13.8 Å². The van der Waals surface area contributed by atoms with Crippen molar-refractivity contribution in [2.45, 2.75) is 32.7 Å². The van der Waals surface area contributed by atoms with E-state index in [0.29, 0.717) is 6.04 Å². The number of nitrogens with one attached hydrogen (secondary N) is 1. The summed E-state index contributed by atoms with van der Waals surface area (Å²) in [6.45, 7) is 6.71. The van der Waals surface area contributed by atoms with Crippen LogP contribution < -0.4 is 4.74 Å². The molecule has 3 heteroatoms. The van der Waals surface area contributed by atoms with Gasteiger partial charge < -0.3 is 14.6 Å². The Labute approximate surface area is 114 Å². The van der Waals surface area contributed by atoms with E-state index in [1.165, 1.54) is 22.0 Å². The molecular weight excluding hydrogens is 236 g/mol. The van der Waals surface area contributed by atoms with Crippen molar-refractivity contribution in [3.8, 4) is 5.75 Å². The quantitative estimate of drug-likeness (QED) is 0.913. The maximum absolute atomic E-state index is 5.57. The summed E-state index contributed by atoms with van der Waals surface area (Å²) in [4.78, 5) is 5.94. The topological polar surface area (TPSA) is 28.3 Å². The molecule has 1 unspecified atom stereocenters. The molecule has 1 aliphatic carbocycles. The van der Waals surface area contributed by atoms with E-state index < -0.39 is 0 Å². The minimum atomic E-state index is 0.595. The van der Waals surface area contributed by atoms with Gasteiger partial charge in [-0.15, -0.1) is 0 Å². The Balaban J connectivity index is 2.07. The third-order valence-electron chi connectivity index (χ3n) is 4.44. The van der Waals surface area contributed by atoms with E-state index in [0.717, 1.165) is 31.7 Å². The lowest BCUT2D eigenvalue weighted by Crippen LogP contribution is -2.39. The molecule has 0 saturated carbocycles. The molecule has 1 N–H and O–H groups in total. The van der Waals surface area contributed by atoms with Crippen molar-refractivity contribution in [1.29, 1.82) is 0 Å². The zero-order valence-electron chi connectivity index (χ0n) is 12.0. The number of aromatic nitrogens is 1. The zero-order valence-corrected chi connectivity index (χ0v) is 12.0. The largest absolute Gasteiger partial charge is 0.496 e. The van der Waals surface area contributed by atoms with E-state index in [9.17, 15) is 0 Å². The molecule has 1 aliphatic rings. The van der Waals surface area contributed by atoms with E-state index in [1.807, 2.05) is 0 Å². The summed E-state index contributed by atoms with van der Waals surface area (Å²) in [5, 5.41) is 1.39. The van der Waals surface area contributed by atoms with Gasteiger partial charge in [0.25, 0.3) is 0 Å². The van der Waals surface area contributed by atoms with Crippen LogP contribution in [0, 0.1) is 0 Å². The molecule has 0 fully saturated rings. The first-order valence-electron chi connectivity index (χ1n) is 7.18. The molecule has 1 aromatic heterocycles. The van der Waals surface area contributed by atoms with Crippen LogP contribution in [-0.4, -0.2) is 36.1 Å². The average Bonchev–Trinajstić information content (AvgIpc) is 2.85. The predicted molar refractivity (Wildman–Crippen MR) is 79.0 cm³/mol. The lowest BCUT2D eigenvalue weighted by atomic mass is 9.88. The molecule has 2 aromatic rings. The van der Waals surface area contributed by atoms with Crippen LogP contribution in [0.2, 0.25) is 0 Å². The number of H-pyrrole nitrogens is 1. The van der Waals surface area contributed by atoms with Gasteiger partial charge in [-0.2, -0.15) is 0 Å². The fraction of sp³-hybridized carbons (Fsp3) is 0.500. The normalized spacial score (nSPS) is 18.2. The van der Waals surface area contributed by atoms with Gasteiger partial charge in [-0.3, -0.25) is 0 Å². The fourth-order valence-electron chi connectivity index (χ4n) is 3.47. The highest BCUT2D eigenvalue weighted by molar-refractivity contribution is 5.89. The molecule has 102 valence electrons. The van der Waals surface area contributed by atoms with Crippen molar-refractivity contribution >= 4 is 10.9 Å². The first-order chi connectivity index (χ1) is 9.28. The number of hydrogen-bond donors (Lipinski definition) is 1. The number of benzene rings is 1. The van der Waals surface area contributed by atoms with Crippen LogP contribution in [0.15, 0.2) is 18.3 Å². The summed E-state index contributed by atoms with van der Waals surface area (Å²) < 4.78 is 5.57. The van der Waals surface area contributed by atoms with Gasteiger partial charge in [-0.25, -0.2) is 0 Å². The summed E-state index contributed by atoms with van der Waals surface area (Å²) in [6, 6.07) is 4.80. The molecule has 1 aromatic carbocycles. The second-order valence-electron chi connectivity index (χ2n) is 5.27. The molecule has 19 heavy (non-hydrogen) atoms. The molecule has 0 amide bonds. The first-order valence-corrected chi connectivity index (χ1v) is 7.18. The van der Waals surface area contributed by atoms with Crippen LogP contribution in [-0.2, 0) is 12.8 Å². The minimum absolute atomic E-state index is 0.595. The van der Waals surface area contributed by atoms with Gasteiger partial charge in [0, 0.05) is 28.7 Å². The molecule has 1 atom stereocenters. The third kappa shape index (κ3) is 1.93. The van der Waals surface area contributed by atoms with Gasteiger partial charge in [0.2, 0.25) is 0 Å². The highest BCUT2D eigenvalue weighted by Gasteiger charge is 2.27. The predicted octanol–water partition coefficient (Wildman–Crippen LogP) is 2.99. The highest BCUT2D eigenvalue weighted by atomic mass is 16.5. The van der Waals surface area contributed by atoms with E-state index >= 15 is 0 Å². The van der Waals surface area contributed by atoms with Crippen LogP contribution in [0.25, 0.3) is 10.9 Å². The van der Waals surface area contributed by atoms with Crippen molar-refractivity contribution in [1.82, 2.24) is 9.88 Å². The SMILES string of the molecule is CCN(CC)C1Cc2c[nH]c3ccc(OC)c(c23)C1. The second-order valence-corrected chi connectivity index (χ2v) is 5.27. The Kier molecular flexibility index (Phi) is 3.23. The number of ether oxygens (including phenoxy) is 1. The van der Waals surface area contributed by atoms with Crippen LogP contribution in [0.5, 0.6) is 5.75 Å². The van der Waals surface area contributed by atoms with Crippen LogP contribution >= 0.6 is 0 Å². The molecule has 0 spiro atoms. The Bertz CT molecular complexity index is 584. The smallest absolute Gasteiger partial charge is 0.122 e. The molecular formula is C16H22N2O. The number of rotatable bonds is 4. The lowest BCUT2D eigenvalue weighted by Gasteiger charge is -2.33. The van der Waals surface area contributed by atoms with Gasteiger partial charge in [0.05, 0.1) is 7.11 Å². The van der Waals surface area contributed by atoms with Crippen LogP contribution in [0.3, 0.4) is 0 Å². The van der Waals surface area contributed by atoms with Gasteiger partial charge in [-0.05, 0) is 43.6 Å². The zero-order chi connectivity index (χ0) is 13.4.